The molecule has 1 atom stereocenters. The predicted molar refractivity (Wildman–Crippen MR) is 85.0 cm³/mol. The van der Waals surface area contributed by atoms with Gasteiger partial charge in [-0.1, -0.05) is 18.2 Å². The molecule has 0 saturated carbocycles. The van der Waals surface area contributed by atoms with Crippen LogP contribution in [-0.4, -0.2) is 17.2 Å². The molecule has 0 radical (unpaired) electrons. The number of allylic oxidation sites excluding steroid dienone is 2. The van der Waals surface area contributed by atoms with Crippen LogP contribution in [0, 0.1) is 0 Å². The molecule has 1 aliphatic rings. The second kappa shape index (κ2) is 6.33. The van der Waals surface area contributed by atoms with Gasteiger partial charge in [0.2, 0.25) is 5.91 Å². The quantitative estimate of drug-likeness (QED) is 0.565. The molecule has 2 rings (SSSR count). The maximum absolute atomic E-state index is 12.5. The number of hydrogen-bond acceptors (Lipinski definition) is 5. The van der Waals surface area contributed by atoms with Crippen molar-refractivity contribution in [3.63, 3.8) is 0 Å². The minimum Gasteiger partial charge on any atom is -0.399 e. The van der Waals surface area contributed by atoms with Crippen molar-refractivity contribution >= 4 is 29.7 Å². The van der Waals surface area contributed by atoms with Gasteiger partial charge in [0.15, 0.2) is 5.78 Å². The molecule has 0 aliphatic carbocycles. The minimum absolute atomic E-state index is 0.0158. The largest absolute Gasteiger partial charge is 0.416 e. The zero-order chi connectivity index (χ0) is 18.1. The monoisotopic (exact) mass is 357 g/mol. The molecular weight excluding hydrogens is 343 g/mol. The Hall–Kier alpha value is -2.26. The Morgan fingerprint density at radius 2 is 1.83 bits per heavy atom. The maximum Gasteiger partial charge on any atom is 0.416 e. The van der Waals surface area contributed by atoms with Crippen LogP contribution in [-0.2, 0) is 15.8 Å². The van der Waals surface area contributed by atoms with Gasteiger partial charge in [-0.2, -0.15) is 13.2 Å². The van der Waals surface area contributed by atoms with Gasteiger partial charge in [-0.15, -0.1) is 0 Å². The summed E-state index contributed by atoms with van der Waals surface area (Å²) < 4.78 is 40.1. The number of nitrogens with one attached hydrogen (secondary N) is 1. The maximum atomic E-state index is 12.5. The van der Waals surface area contributed by atoms with Crippen LogP contribution in [0.3, 0.4) is 0 Å². The molecule has 0 spiro atoms. The Kier molecular flexibility index (Phi) is 4.77. The van der Waals surface area contributed by atoms with E-state index in [1.54, 1.807) is 0 Å². The second-order valence-electron chi connectivity index (χ2n) is 5.25. The molecule has 1 heterocycles. The third kappa shape index (κ3) is 3.46. The Balaban J connectivity index is 2.17. The number of carbonyl (C=O) groups excluding carboxylic acids is 2. The van der Waals surface area contributed by atoms with E-state index in [9.17, 15) is 22.8 Å². The summed E-state index contributed by atoms with van der Waals surface area (Å²) in [5.74, 6) is -1.20. The zero-order valence-corrected chi connectivity index (χ0v) is 13.3. The van der Waals surface area contributed by atoms with Crippen LogP contribution in [0.15, 0.2) is 40.9 Å². The fourth-order valence-corrected chi connectivity index (χ4v) is 2.89. The normalized spacial score (nSPS) is 21.5. The van der Waals surface area contributed by atoms with Crippen LogP contribution in [0.5, 0.6) is 0 Å². The van der Waals surface area contributed by atoms with Crippen LogP contribution >= 0.6 is 11.9 Å². The van der Waals surface area contributed by atoms with E-state index in [1.165, 1.54) is 31.2 Å². The third-order valence-electron chi connectivity index (χ3n) is 3.52. The van der Waals surface area contributed by atoms with Gasteiger partial charge < -0.3 is 11.5 Å². The first-order valence-electron chi connectivity index (χ1n) is 6.69. The minimum atomic E-state index is -4.41. The van der Waals surface area contributed by atoms with Crippen molar-refractivity contribution in [1.82, 2.24) is 4.72 Å². The van der Waals surface area contributed by atoms with Crippen LogP contribution in [0.2, 0.25) is 0 Å². The second-order valence-corrected chi connectivity index (χ2v) is 6.07. The number of rotatable bonds is 4. The van der Waals surface area contributed by atoms with Gasteiger partial charge in [-0.3, -0.25) is 9.59 Å². The van der Waals surface area contributed by atoms with E-state index >= 15 is 0 Å². The number of carbonyl (C=O) groups is 2. The molecule has 1 aromatic rings. The van der Waals surface area contributed by atoms with Crippen LogP contribution in [0.4, 0.5) is 13.2 Å². The summed E-state index contributed by atoms with van der Waals surface area (Å²) in [5.41, 5.74) is 9.40. The van der Waals surface area contributed by atoms with Gasteiger partial charge >= 0.3 is 6.18 Å². The topological polar surface area (TPSA) is 98.2 Å². The van der Waals surface area contributed by atoms with Gasteiger partial charge in [0.05, 0.1) is 16.2 Å². The number of alkyl halides is 3. The van der Waals surface area contributed by atoms with Crippen molar-refractivity contribution in [2.24, 2.45) is 11.5 Å². The lowest BCUT2D eigenvalue weighted by molar-refractivity contribution is -0.137. The Labute approximate surface area is 140 Å². The SMILES string of the molecule is CC1(C(N)=O)NSC(C(=O)/C=C/c2ccc(C(F)(F)F)cc2)=C1N. The van der Waals surface area contributed by atoms with Crippen LogP contribution < -0.4 is 16.2 Å². The number of benzene rings is 1. The molecule has 9 heteroatoms. The molecule has 0 fully saturated rings. The number of hydrogen-bond donors (Lipinski definition) is 3. The highest BCUT2D eigenvalue weighted by Gasteiger charge is 2.42. The summed E-state index contributed by atoms with van der Waals surface area (Å²) in [6.45, 7) is 1.46. The van der Waals surface area contributed by atoms with Crippen molar-refractivity contribution in [3.8, 4) is 0 Å². The summed E-state index contributed by atoms with van der Waals surface area (Å²) in [4.78, 5) is 23.7. The average Bonchev–Trinajstić information content (AvgIpc) is 2.82. The summed E-state index contributed by atoms with van der Waals surface area (Å²) in [7, 11) is 0. The summed E-state index contributed by atoms with van der Waals surface area (Å²) in [6, 6.07) is 4.34. The first-order chi connectivity index (χ1) is 11.1. The zero-order valence-electron chi connectivity index (χ0n) is 12.5. The Morgan fingerprint density at radius 3 is 2.29 bits per heavy atom. The number of primary amides is 1. The molecule has 1 aromatic carbocycles. The predicted octanol–water partition coefficient (Wildman–Crippen LogP) is 1.95. The standard InChI is InChI=1S/C15H14F3N3O2S/c1-14(13(20)23)12(19)11(24-21-14)10(22)7-4-8-2-5-9(6-3-8)15(16,17)18/h2-7,21H,19H2,1H3,(H2,20,23)/b7-4+. The van der Waals surface area contributed by atoms with Crippen molar-refractivity contribution < 1.29 is 22.8 Å². The van der Waals surface area contributed by atoms with Crippen molar-refractivity contribution in [2.75, 3.05) is 0 Å². The Morgan fingerprint density at radius 1 is 1.25 bits per heavy atom. The van der Waals surface area contributed by atoms with Gasteiger partial charge in [0, 0.05) is 0 Å². The van der Waals surface area contributed by atoms with E-state index in [4.69, 9.17) is 11.5 Å². The first-order valence-corrected chi connectivity index (χ1v) is 7.51. The van der Waals surface area contributed by atoms with Gasteiger partial charge in [0.25, 0.3) is 0 Å². The lowest BCUT2D eigenvalue weighted by Gasteiger charge is -2.20. The van der Waals surface area contributed by atoms with Gasteiger partial charge in [0.1, 0.15) is 5.54 Å². The average molecular weight is 357 g/mol. The van der Waals surface area contributed by atoms with E-state index in [0.29, 0.717) is 5.56 Å². The summed E-state index contributed by atoms with van der Waals surface area (Å²) >= 11 is 0.889. The Bertz CT molecular complexity index is 741. The van der Waals surface area contributed by atoms with E-state index in [-0.39, 0.29) is 10.6 Å². The number of ketones is 1. The lowest BCUT2D eigenvalue weighted by atomic mass is 9.97. The summed E-state index contributed by atoms with van der Waals surface area (Å²) in [6.07, 6.45) is -1.88. The van der Waals surface area contributed by atoms with Gasteiger partial charge in [-0.25, -0.2) is 4.72 Å². The molecule has 128 valence electrons. The molecule has 1 unspecified atom stereocenters. The number of nitrogens with two attached hydrogens (primary N) is 2. The highest BCUT2D eigenvalue weighted by Crippen LogP contribution is 2.33. The lowest BCUT2D eigenvalue weighted by Crippen LogP contribution is -2.51. The van der Waals surface area contributed by atoms with Crippen molar-refractivity contribution in [3.05, 3.63) is 52.1 Å². The van der Waals surface area contributed by atoms with E-state index in [2.05, 4.69) is 4.72 Å². The van der Waals surface area contributed by atoms with Gasteiger partial charge in [-0.05, 0) is 42.6 Å². The molecule has 24 heavy (non-hydrogen) atoms. The third-order valence-corrected chi connectivity index (χ3v) is 4.66. The molecule has 0 saturated heterocycles. The molecule has 5 N–H and O–H groups in total. The highest BCUT2D eigenvalue weighted by molar-refractivity contribution is 8.02. The first kappa shape index (κ1) is 18.1. The fourth-order valence-electron chi connectivity index (χ4n) is 1.89. The molecule has 1 amide bonds. The van der Waals surface area contributed by atoms with Crippen LogP contribution in [0.25, 0.3) is 6.08 Å². The van der Waals surface area contributed by atoms with Crippen molar-refractivity contribution in [2.45, 2.75) is 18.6 Å². The molecule has 5 nitrogen and oxygen atoms in total. The van der Waals surface area contributed by atoms with E-state index < -0.39 is 29.0 Å². The van der Waals surface area contributed by atoms with E-state index in [1.807, 2.05) is 0 Å². The number of halogens is 3. The molecular formula is C15H14F3N3O2S. The van der Waals surface area contributed by atoms with E-state index in [0.717, 1.165) is 24.1 Å². The summed E-state index contributed by atoms with van der Waals surface area (Å²) in [5, 5.41) is 0. The molecule has 1 aliphatic heterocycles. The smallest absolute Gasteiger partial charge is 0.399 e. The molecule has 0 bridgehead atoms. The molecule has 0 aromatic heterocycles. The number of amides is 1. The highest BCUT2D eigenvalue weighted by atomic mass is 32.2. The van der Waals surface area contributed by atoms with Crippen molar-refractivity contribution in [1.29, 1.82) is 0 Å². The van der Waals surface area contributed by atoms with Crippen LogP contribution in [0.1, 0.15) is 18.1 Å². The fraction of sp³-hybridized carbons (Fsp3) is 0.200.